The lowest BCUT2D eigenvalue weighted by Crippen LogP contribution is -2.27. The van der Waals surface area contributed by atoms with Crippen LogP contribution < -0.4 is 5.73 Å². The first kappa shape index (κ1) is 13.3. The average molecular weight is 180 g/mol. The topological polar surface area (TPSA) is 53.1 Å². The van der Waals surface area contributed by atoms with Crippen LogP contribution in [0.2, 0.25) is 0 Å². The van der Waals surface area contributed by atoms with Crippen LogP contribution in [0.3, 0.4) is 0 Å². The first-order valence-electron chi connectivity index (χ1n) is 3.76. The molecule has 0 heterocycles. The molecule has 0 fully saturated rings. The van der Waals surface area contributed by atoms with E-state index < -0.39 is 0 Å². The van der Waals surface area contributed by atoms with Crippen molar-refractivity contribution in [3.8, 4) is 0 Å². The molecule has 0 aromatic rings. The summed E-state index contributed by atoms with van der Waals surface area (Å²) < 4.78 is 0. The van der Waals surface area contributed by atoms with E-state index in [1.807, 2.05) is 0 Å². The molecule has 0 unspecified atom stereocenters. The van der Waals surface area contributed by atoms with Crippen molar-refractivity contribution < 1.29 is 0 Å². The Morgan fingerprint density at radius 2 is 1.82 bits per heavy atom. The zero-order valence-electron chi connectivity index (χ0n) is 7.26. The van der Waals surface area contributed by atoms with Crippen LogP contribution in [0.15, 0.2) is 0 Å². The van der Waals surface area contributed by atoms with E-state index in [1.165, 1.54) is 0 Å². The van der Waals surface area contributed by atoms with Gasteiger partial charge in [0.15, 0.2) is 0 Å². The molecule has 0 spiro atoms. The smallest absolute Gasteiger partial charge is 0.0918 e. The molecule has 0 aliphatic rings. The van der Waals surface area contributed by atoms with Crippen LogP contribution in [-0.4, -0.2) is 30.4 Å². The first-order chi connectivity index (χ1) is 4.70. The molecule has 0 bridgehead atoms. The third kappa shape index (κ3) is 7.62. The quantitative estimate of drug-likeness (QED) is 0.490. The summed E-state index contributed by atoms with van der Waals surface area (Å²) in [6.07, 6.45) is 0.696. The van der Waals surface area contributed by atoms with Crippen molar-refractivity contribution in [1.29, 1.82) is 5.41 Å². The predicted octanol–water partition coefficient (Wildman–Crippen LogP) is 1.08. The van der Waals surface area contributed by atoms with E-state index in [1.54, 1.807) is 0 Å². The summed E-state index contributed by atoms with van der Waals surface area (Å²) in [4.78, 5) is 2.25. The molecule has 0 aliphatic heterocycles. The van der Waals surface area contributed by atoms with Crippen molar-refractivity contribution in [3.05, 3.63) is 0 Å². The summed E-state index contributed by atoms with van der Waals surface area (Å²) in [7, 11) is 0. The van der Waals surface area contributed by atoms with E-state index in [9.17, 15) is 0 Å². The fourth-order valence-corrected chi connectivity index (χ4v) is 0.818. The second kappa shape index (κ2) is 7.82. The van der Waals surface area contributed by atoms with Crippen LogP contribution in [0.5, 0.6) is 0 Å². The second-order valence-corrected chi connectivity index (χ2v) is 2.30. The number of amidine groups is 1. The number of nitrogens with one attached hydrogen (secondary N) is 1. The second-order valence-electron chi connectivity index (χ2n) is 2.30. The fraction of sp³-hybridized carbons (Fsp3) is 0.857. The Kier molecular flexibility index (Phi) is 9.47. The monoisotopic (exact) mass is 179 g/mol. The van der Waals surface area contributed by atoms with Crippen LogP contribution in [0.25, 0.3) is 0 Å². The number of hydrogen-bond donors (Lipinski definition) is 2. The summed E-state index contributed by atoms with van der Waals surface area (Å²) in [6, 6.07) is 0. The van der Waals surface area contributed by atoms with Crippen LogP contribution in [0, 0.1) is 5.41 Å². The van der Waals surface area contributed by atoms with Gasteiger partial charge in [0.2, 0.25) is 0 Å². The molecule has 0 amide bonds. The highest BCUT2D eigenvalue weighted by molar-refractivity contribution is 5.85. The molecule has 0 aliphatic carbocycles. The highest BCUT2D eigenvalue weighted by Crippen LogP contribution is 1.88. The van der Waals surface area contributed by atoms with Crippen molar-refractivity contribution in [3.63, 3.8) is 0 Å². The van der Waals surface area contributed by atoms with Crippen molar-refractivity contribution >= 4 is 18.2 Å². The van der Waals surface area contributed by atoms with E-state index in [4.69, 9.17) is 11.1 Å². The van der Waals surface area contributed by atoms with Gasteiger partial charge in [-0.3, -0.25) is 5.41 Å². The maximum Gasteiger partial charge on any atom is 0.0918 e. The van der Waals surface area contributed by atoms with E-state index >= 15 is 0 Å². The molecular weight excluding hydrogens is 162 g/mol. The fourth-order valence-electron chi connectivity index (χ4n) is 0.818. The number of hydrogen-bond acceptors (Lipinski definition) is 2. The summed E-state index contributed by atoms with van der Waals surface area (Å²) in [5, 5.41) is 6.99. The Labute approximate surface area is 74.9 Å². The van der Waals surface area contributed by atoms with E-state index in [-0.39, 0.29) is 18.2 Å². The Balaban J connectivity index is 0. The highest BCUT2D eigenvalue weighted by atomic mass is 35.5. The molecular formula is C7H18ClN3. The molecule has 0 radical (unpaired) electrons. The van der Waals surface area contributed by atoms with Gasteiger partial charge >= 0.3 is 0 Å². The molecule has 0 rings (SSSR count). The van der Waals surface area contributed by atoms with Gasteiger partial charge in [0.25, 0.3) is 0 Å². The molecule has 0 saturated heterocycles. The van der Waals surface area contributed by atoms with Gasteiger partial charge in [-0.05, 0) is 13.1 Å². The Morgan fingerprint density at radius 3 is 2.09 bits per heavy atom. The Hall–Kier alpha value is -0.280. The molecule has 0 saturated carbocycles. The third-order valence-electron chi connectivity index (χ3n) is 1.59. The normalized spacial score (nSPS) is 9.36. The van der Waals surface area contributed by atoms with Gasteiger partial charge in [-0.1, -0.05) is 13.8 Å². The maximum absolute atomic E-state index is 6.99. The molecule has 3 N–H and O–H groups in total. The van der Waals surface area contributed by atoms with Crippen molar-refractivity contribution in [2.45, 2.75) is 20.3 Å². The lowest BCUT2D eigenvalue weighted by atomic mass is 10.3. The molecule has 3 nitrogen and oxygen atoms in total. The van der Waals surface area contributed by atoms with E-state index in [0.29, 0.717) is 6.42 Å². The largest absolute Gasteiger partial charge is 0.388 e. The lowest BCUT2D eigenvalue weighted by Gasteiger charge is -2.16. The molecule has 0 atom stereocenters. The van der Waals surface area contributed by atoms with E-state index in [0.717, 1.165) is 19.6 Å². The first-order valence-corrected chi connectivity index (χ1v) is 3.76. The summed E-state index contributed by atoms with van der Waals surface area (Å²) in [5.41, 5.74) is 5.21. The van der Waals surface area contributed by atoms with Crippen LogP contribution in [-0.2, 0) is 0 Å². The van der Waals surface area contributed by atoms with Gasteiger partial charge in [-0.2, -0.15) is 0 Å². The summed E-state index contributed by atoms with van der Waals surface area (Å²) in [5.74, 6) is 0.284. The van der Waals surface area contributed by atoms with E-state index in [2.05, 4.69) is 18.7 Å². The Bertz CT molecular complexity index is 102. The van der Waals surface area contributed by atoms with Gasteiger partial charge in [-0.15, -0.1) is 12.4 Å². The lowest BCUT2D eigenvalue weighted by molar-refractivity contribution is 0.313. The zero-order valence-corrected chi connectivity index (χ0v) is 8.08. The van der Waals surface area contributed by atoms with Crippen LogP contribution in [0.1, 0.15) is 20.3 Å². The minimum absolute atomic E-state index is 0. The summed E-state index contributed by atoms with van der Waals surface area (Å²) >= 11 is 0. The minimum atomic E-state index is 0. The van der Waals surface area contributed by atoms with Crippen LogP contribution >= 0.6 is 12.4 Å². The Morgan fingerprint density at radius 1 is 1.36 bits per heavy atom. The summed E-state index contributed by atoms with van der Waals surface area (Å²) in [6.45, 7) is 7.24. The van der Waals surface area contributed by atoms with Crippen molar-refractivity contribution in [2.75, 3.05) is 19.6 Å². The molecule has 4 heteroatoms. The van der Waals surface area contributed by atoms with Crippen LogP contribution in [0.4, 0.5) is 0 Å². The van der Waals surface area contributed by atoms with Gasteiger partial charge in [0.05, 0.1) is 5.84 Å². The maximum atomic E-state index is 6.99. The molecule has 0 aromatic heterocycles. The molecule has 11 heavy (non-hydrogen) atoms. The number of halogens is 1. The average Bonchev–Trinajstić information content (AvgIpc) is 1.90. The van der Waals surface area contributed by atoms with Gasteiger partial charge in [0.1, 0.15) is 0 Å². The zero-order chi connectivity index (χ0) is 7.98. The van der Waals surface area contributed by atoms with Gasteiger partial charge in [0, 0.05) is 13.0 Å². The van der Waals surface area contributed by atoms with Crippen molar-refractivity contribution in [1.82, 2.24) is 4.90 Å². The van der Waals surface area contributed by atoms with Crippen molar-refractivity contribution in [2.24, 2.45) is 5.73 Å². The number of nitrogens with zero attached hydrogens (tertiary/aromatic N) is 1. The number of rotatable bonds is 5. The standard InChI is InChI=1S/C7H17N3.ClH/c1-3-10(4-2)6-5-7(8)9;/h3-6H2,1-2H3,(H3,8,9);1H. The van der Waals surface area contributed by atoms with Gasteiger partial charge < -0.3 is 10.6 Å². The SMILES string of the molecule is CCN(CC)CCC(=N)N.Cl. The molecule has 68 valence electrons. The number of nitrogens with two attached hydrogens (primary N) is 1. The molecule has 0 aromatic carbocycles. The van der Waals surface area contributed by atoms with Gasteiger partial charge in [-0.25, -0.2) is 0 Å². The third-order valence-corrected chi connectivity index (χ3v) is 1.59. The minimum Gasteiger partial charge on any atom is -0.388 e. The highest BCUT2D eigenvalue weighted by Gasteiger charge is 1.97. The predicted molar refractivity (Wildman–Crippen MR) is 51.6 cm³/mol.